The Morgan fingerprint density at radius 1 is 1.53 bits per heavy atom. The largest absolute Gasteiger partial charge is 0.456 e. The fourth-order valence-corrected chi connectivity index (χ4v) is 1.72. The lowest BCUT2D eigenvalue weighted by atomic mass is 10.00. The van der Waals surface area contributed by atoms with Gasteiger partial charge in [-0.1, -0.05) is 0 Å². The number of hydrogen-bond acceptors (Lipinski definition) is 3. The van der Waals surface area contributed by atoms with E-state index in [2.05, 4.69) is 5.32 Å². The summed E-state index contributed by atoms with van der Waals surface area (Å²) in [6, 6.07) is 3.49. The summed E-state index contributed by atoms with van der Waals surface area (Å²) in [7, 11) is 1.67. The molecule has 0 aromatic carbocycles. The van der Waals surface area contributed by atoms with Gasteiger partial charge in [0.1, 0.15) is 5.76 Å². The van der Waals surface area contributed by atoms with Crippen molar-refractivity contribution in [1.82, 2.24) is 5.32 Å². The van der Waals surface area contributed by atoms with E-state index in [-0.39, 0.29) is 17.6 Å². The van der Waals surface area contributed by atoms with E-state index in [0.717, 1.165) is 12.2 Å². The van der Waals surface area contributed by atoms with Crippen molar-refractivity contribution in [3.63, 3.8) is 0 Å². The van der Waals surface area contributed by atoms with Gasteiger partial charge in [0.15, 0.2) is 5.76 Å². The Bertz CT molecular complexity index is 382. The zero-order valence-electron chi connectivity index (χ0n) is 11.2. The Balaban J connectivity index is 2.52. The monoisotopic (exact) mass is 239 g/mol. The molecule has 1 aromatic heterocycles. The Kier molecular flexibility index (Phi) is 4.34. The molecule has 1 rings (SSSR count). The molecule has 1 N–H and O–H groups in total. The second-order valence-electron chi connectivity index (χ2n) is 4.95. The first-order valence-corrected chi connectivity index (χ1v) is 5.76. The second-order valence-corrected chi connectivity index (χ2v) is 4.95. The molecule has 1 aromatic rings. The number of methoxy groups -OCH3 is 1. The standard InChI is InChI=1S/C13H21NO3/c1-9(8-13(3,4)16-5)14-12(15)11-7-6-10(2)17-11/h6-7,9H,8H2,1-5H3,(H,14,15)/t9-/m1/s1. The number of carbonyl (C=O) groups excluding carboxylic acids is 1. The minimum atomic E-state index is -0.244. The number of carbonyl (C=O) groups is 1. The van der Waals surface area contributed by atoms with Crippen LogP contribution in [0.5, 0.6) is 0 Å². The van der Waals surface area contributed by atoms with Gasteiger partial charge < -0.3 is 14.5 Å². The van der Waals surface area contributed by atoms with Crippen LogP contribution in [0.25, 0.3) is 0 Å². The van der Waals surface area contributed by atoms with Crippen LogP contribution < -0.4 is 5.32 Å². The molecule has 0 fully saturated rings. The lowest BCUT2D eigenvalue weighted by molar-refractivity contribution is 0.00874. The SMILES string of the molecule is COC(C)(C)C[C@@H](C)NC(=O)c1ccc(C)o1. The molecule has 0 saturated heterocycles. The van der Waals surface area contributed by atoms with Gasteiger partial charge >= 0.3 is 0 Å². The van der Waals surface area contributed by atoms with E-state index >= 15 is 0 Å². The van der Waals surface area contributed by atoms with Crippen molar-refractivity contribution in [2.75, 3.05) is 7.11 Å². The molecule has 1 heterocycles. The molecule has 0 spiro atoms. The molecule has 0 aliphatic heterocycles. The average molecular weight is 239 g/mol. The zero-order chi connectivity index (χ0) is 13.1. The Labute approximate surface area is 102 Å². The van der Waals surface area contributed by atoms with E-state index in [1.165, 1.54) is 0 Å². The number of amides is 1. The van der Waals surface area contributed by atoms with Gasteiger partial charge in [0.05, 0.1) is 5.60 Å². The molecular weight excluding hydrogens is 218 g/mol. The van der Waals surface area contributed by atoms with Crippen LogP contribution in [-0.4, -0.2) is 24.7 Å². The van der Waals surface area contributed by atoms with Crippen LogP contribution in [0.1, 0.15) is 43.5 Å². The molecule has 1 atom stereocenters. The van der Waals surface area contributed by atoms with Crippen LogP contribution in [0.15, 0.2) is 16.5 Å². The van der Waals surface area contributed by atoms with E-state index in [1.54, 1.807) is 19.2 Å². The number of furan rings is 1. The molecule has 0 aliphatic rings. The van der Waals surface area contributed by atoms with Crippen LogP contribution in [0.2, 0.25) is 0 Å². The van der Waals surface area contributed by atoms with Gasteiger partial charge in [0.2, 0.25) is 0 Å². The number of ether oxygens (including phenoxy) is 1. The third-order valence-electron chi connectivity index (χ3n) is 2.69. The minimum absolute atomic E-state index is 0.0304. The van der Waals surface area contributed by atoms with E-state index in [0.29, 0.717) is 5.76 Å². The lowest BCUT2D eigenvalue weighted by Crippen LogP contribution is -2.38. The fraction of sp³-hybridized carbons (Fsp3) is 0.615. The van der Waals surface area contributed by atoms with Gasteiger partial charge in [-0.3, -0.25) is 4.79 Å². The van der Waals surface area contributed by atoms with Crippen molar-refractivity contribution in [3.8, 4) is 0 Å². The van der Waals surface area contributed by atoms with Gasteiger partial charge in [-0.2, -0.15) is 0 Å². The lowest BCUT2D eigenvalue weighted by Gasteiger charge is -2.26. The van der Waals surface area contributed by atoms with Crippen LogP contribution in [0.4, 0.5) is 0 Å². The van der Waals surface area contributed by atoms with Crippen LogP contribution in [0.3, 0.4) is 0 Å². The summed E-state index contributed by atoms with van der Waals surface area (Å²) in [6.07, 6.45) is 0.745. The molecule has 4 nitrogen and oxygen atoms in total. The maximum absolute atomic E-state index is 11.8. The molecular formula is C13H21NO3. The van der Waals surface area contributed by atoms with Gasteiger partial charge in [-0.05, 0) is 46.2 Å². The van der Waals surface area contributed by atoms with Crippen molar-refractivity contribution >= 4 is 5.91 Å². The first kappa shape index (κ1) is 13.8. The third kappa shape index (κ3) is 4.23. The van der Waals surface area contributed by atoms with Crippen LogP contribution in [0, 0.1) is 6.92 Å². The quantitative estimate of drug-likeness (QED) is 0.859. The summed E-state index contributed by atoms with van der Waals surface area (Å²) in [6.45, 7) is 7.75. The molecule has 0 bridgehead atoms. The van der Waals surface area contributed by atoms with Crippen molar-refractivity contribution in [2.24, 2.45) is 0 Å². The highest BCUT2D eigenvalue weighted by atomic mass is 16.5. The van der Waals surface area contributed by atoms with E-state index < -0.39 is 0 Å². The average Bonchev–Trinajstić information content (AvgIpc) is 2.64. The molecule has 0 saturated carbocycles. The van der Waals surface area contributed by atoms with Crippen molar-refractivity contribution in [3.05, 3.63) is 23.7 Å². The molecule has 4 heteroatoms. The Morgan fingerprint density at radius 3 is 2.65 bits per heavy atom. The number of aryl methyl sites for hydroxylation is 1. The summed E-state index contributed by atoms with van der Waals surface area (Å²) in [5.74, 6) is 0.905. The number of rotatable bonds is 5. The summed E-state index contributed by atoms with van der Waals surface area (Å²) in [4.78, 5) is 11.8. The topological polar surface area (TPSA) is 51.5 Å². The number of nitrogens with one attached hydrogen (secondary N) is 1. The normalized spacial score (nSPS) is 13.5. The molecule has 96 valence electrons. The van der Waals surface area contributed by atoms with Crippen LogP contribution >= 0.6 is 0 Å². The molecule has 0 aliphatic carbocycles. The van der Waals surface area contributed by atoms with Crippen LogP contribution in [-0.2, 0) is 4.74 Å². The predicted octanol–water partition coefficient (Wildman–Crippen LogP) is 2.52. The maximum atomic E-state index is 11.8. The summed E-state index contributed by atoms with van der Waals surface area (Å²) in [5, 5.41) is 2.89. The van der Waals surface area contributed by atoms with Gasteiger partial charge in [-0.15, -0.1) is 0 Å². The summed E-state index contributed by atoms with van der Waals surface area (Å²) >= 11 is 0. The highest BCUT2D eigenvalue weighted by Gasteiger charge is 2.22. The second kappa shape index (κ2) is 5.36. The third-order valence-corrected chi connectivity index (χ3v) is 2.69. The molecule has 17 heavy (non-hydrogen) atoms. The van der Waals surface area contributed by atoms with Crippen molar-refractivity contribution in [1.29, 1.82) is 0 Å². The molecule has 0 radical (unpaired) electrons. The van der Waals surface area contributed by atoms with E-state index in [4.69, 9.17) is 9.15 Å². The first-order valence-electron chi connectivity index (χ1n) is 5.76. The Morgan fingerprint density at radius 2 is 2.18 bits per heavy atom. The van der Waals surface area contributed by atoms with Gasteiger partial charge in [0, 0.05) is 13.2 Å². The fourth-order valence-electron chi connectivity index (χ4n) is 1.72. The Hall–Kier alpha value is -1.29. The van der Waals surface area contributed by atoms with Gasteiger partial charge in [-0.25, -0.2) is 0 Å². The summed E-state index contributed by atoms with van der Waals surface area (Å²) in [5.41, 5.74) is -0.244. The van der Waals surface area contributed by atoms with Gasteiger partial charge in [0.25, 0.3) is 5.91 Å². The van der Waals surface area contributed by atoms with E-state index in [1.807, 2.05) is 27.7 Å². The maximum Gasteiger partial charge on any atom is 0.287 e. The highest BCUT2D eigenvalue weighted by Crippen LogP contribution is 2.16. The first-order chi connectivity index (χ1) is 7.84. The van der Waals surface area contributed by atoms with E-state index in [9.17, 15) is 4.79 Å². The molecule has 1 amide bonds. The number of hydrogen-bond donors (Lipinski definition) is 1. The zero-order valence-corrected chi connectivity index (χ0v) is 11.2. The smallest absolute Gasteiger partial charge is 0.287 e. The minimum Gasteiger partial charge on any atom is -0.456 e. The predicted molar refractivity (Wildman–Crippen MR) is 66.1 cm³/mol. The summed E-state index contributed by atoms with van der Waals surface area (Å²) < 4.78 is 10.6. The highest BCUT2D eigenvalue weighted by molar-refractivity contribution is 5.91. The van der Waals surface area contributed by atoms with Crippen molar-refractivity contribution in [2.45, 2.75) is 45.8 Å². The van der Waals surface area contributed by atoms with Crippen molar-refractivity contribution < 1.29 is 13.9 Å². The molecule has 0 unspecified atom stereocenters.